The molecule has 0 aliphatic carbocycles. The van der Waals surface area contributed by atoms with Gasteiger partial charge in [0.1, 0.15) is 0 Å². The van der Waals surface area contributed by atoms with E-state index in [0.717, 1.165) is 11.4 Å². The Bertz CT molecular complexity index is 1280. The number of hydrogen-bond acceptors (Lipinski definition) is 5. The number of aromatic nitrogens is 4. The van der Waals surface area contributed by atoms with Crippen molar-refractivity contribution >= 4 is 0 Å². The number of ether oxygens (including phenoxy) is 1. The van der Waals surface area contributed by atoms with Gasteiger partial charge in [0.05, 0.1) is 11.1 Å². The Hall–Kier alpha value is -4.26. The molecule has 2 aromatic carbocycles. The molecule has 0 amide bonds. The predicted octanol–water partition coefficient (Wildman–Crippen LogP) is 6.91. The number of halogens is 2. The molecule has 0 aliphatic heterocycles. The molecule has 0 fully saturated rings. The van der Waals surface area contributed by atoms with Crippen LogP contribution < -0.4 is 4.74 Å². The maximum atomic E-state index is 15.4. The van der Waals surface area contributed by atoms with Crippen LogP contribution in [-0.2, 0) is 12.8 Å². The van der Waals surface area contributed by atoms with Gasteiger partial charge in [0.15, 0.2) is 34.8 Å². The van der Waals surface area contributed by atoms with Gasteiger partial charge in [0, 0.05) is 36.6 Å². The molecule has 0 aliphatic rings. The summed E-state index contributed by atoms with van der Waals surface area (Å²) in [4.78, 5) is 17.3. The number of nitrogens with zero attached hydrogens (tertiary/aromatic N) is 4. The quantitative estimate of drug-likeness (QED) is 0.262. The Kier molecular flexibility index (Phi) is 7.67. The van der Waals surface area contributed by atoms with E-state index in [2.05, 4.69) is 19.9 Å². The first-order valence-electron chi connectivity index (χ1n) is 11.2. The lowest BCUT2D eigenvalue weighted by Gasteiger charge is -2.12. The van der Waals surface area contributed by atoms with Gasteiger partial charge in [-0.1, -0.05) is 36.4 Å². The Morgan fingerprint density at radius 1 is 0.686 bits per heavy atom. The normalized spacial score (nSPS) is 11.4. The van der Waals surface area contributed by atoms with Crippen LogP contribution in [-0.4, -0.2) is 19.9 Å². The summed E-state index contributed by atoms with van der Waals surface area (Å²) < 4.78 is 36.4. The summed E-state index contributed by atoms with van der Waals surface area (Å²) in [6.07, 6.45) is 12.1. The molecular formula is C28H24F2N4O. The van der Waals surface area contributed by atoms with Crippen LogP contribution in [0.15, 0.2) is 85.2 Å². The first kappa shape index (κ1) is 23.9. The molecule has 176 valence electrons. The van der Waals surface area contributed by atoms with E-state index in [9.17, 15) is 0 Å². The Labute approximate surface area is 202 Å². The zero-order valence-corrected chi connectivity index (χ0v) is 19.5. The van der Waals surface area contributed by atoms with Crippen molar-refractivity contribution in [2.45, 2.75) is 26.7 Å². The summed E-state index contributed by atoms with van der Waals surface area (Å²) in [5.41, 5.74) is 1.85. The molecule has 7 heteroatoms. The third-order valence-electron chi connectivity index (χ3n) is 5.18. The molecule has 0 saturated carbocycles. The molecule has 0 N–H and O–H groups in total. The molecule has 0 radical (unpaired) electrons. The fourth-order valence-corrected chi connectivity index (χ4v) is 3.40. The van der Waals surface area contributed by atoms with Crippen molar-refractivity contribution in [3.05, 3.63) is 108 Å². The van der Waals surface area contributed by atoms with Crippen LogP contribution in [0.4, 0.5) is 8.78 Å². The van der Waals surface area contributed by atoms with Crippen molar-refractivity contribution < 1.29 is 13.5 Å². The number of benzene rings is 2. The summed E-state index contributed by atoms with van der Waals surface area (Å²) in [5.74, 6) is -1.16. The highest BCUT2D eigenvalue weighted by Gasteiger charge is 2.18. The molecule has 2 aromatic heterocycles. The second-order valence-corrected chi connectivity index (χ2v) is 7.63. The summed E-state index contributed by atoms with van der Waals surface area (Å²) in [6, 6.07) is 12.8. The van der Waals surface area contributed by atoms with Gasteiger partial charge in [0.25, 0.3) is 0 Å². The second-order valence-electron chi connectivity index (χ2n) is 7.63. The van der Waals surface area contributed by atoms with Crippen LogP contribution in [0.1, 0.15) is 25.2 Å². The lowest BCUT2D eigenvalue weighted by Crippen LogP contribution is -2.00. The van der Waals surface area contributed by atoms with Gasteiger partial charge in [-0.2, -0.15) is 0 Å². The van der Waals surface area contributed by atoms with E-state index >= 15 is 8.78 Å². The maximum Gasteiger partial charge on any atom is 0.176 e. The minimum atomic E-state index is -0.676. The second kappa shape index (κ2) is 11.2. The first-order chi connectivity index (χ1) is 17.1. The van der Waals surface area contributed by atoms with Crippen LogP contribution in [0, 0.1) is 11.6 Å². The van der Waals surface area contributed by atoms with E-state index in [-0.39, 0.29) is 34.3 Å². The molecule has 0 saturated heterocycles. The van der Waals surface area contributed by atoms with Gasteiger partial charge in [-0.05, 0) is 50.2 Å². The predicted molar refractivity (Wildman–Crippen MR) is 132 cm³/mol. The minimum absolute atomic E-state index is 0.135. The third-order valence-corrected chi connectivity index (χ3v) is 5.18. The first-order valence-corrected chi connectivity index (χ1v) is 11.2. The number of rotatable bonds is 8. The van der Waals surface area contributed by atoms with Gasteiger partial charge >= 0.3 is 0 Å². The third kappa shape index (κ3) is 5.63. The van der Waals surface area contributed by atoms with E-state index in [1.54, 1.807) is 48.8 Å². The molecule has 0 bridgehead atoms. The van der Waals surface area contributed by atoms with Crippen LogP contribution in [0.25, 0.3) is 22.8 Å². The van der Waals surface area contributed by atoms with Gasteiger partial charge in [-0.25, -0.2) is 28.7 Å². The van der Waals surface area contributed by atoms with E-state index in [0.29, 0.717) is 12.8 Å². The largest absolute Gasteiger partial charge is 0.451 e. The molecular weight excluding hydrogens is 446 g/mol. The van der Waals surface area contributed by atoms with E-state index in [1.807, 2.05) is 38.2 Å². The highest BCUT2D eigenvalue weighted by molar-refractivity contribution is 5.61. The minimum Gasteiger partial charge on any atom is -0.451 e. The maximum absolute atomic E-state index is 15.4. The van der Waals surface area contributed by atoms with Gasteiger partial charge in [-0.3, -0.25) is 0 Å². The SMILES string of the molecule is CC=CCc1ccnc(-c2cccc(Oc3cccc(-c4nccc(CC=CC)n4)c3F)c2F)n1. The van der Waals surface area contributed by atoms with Crippen molar-refractivity contribution in [1.29, 1.82) is 0 Å². The van der Waals surface area contributed by atoms with Gasteiger partial charge in [-0.15, -0.1) is 0 Å². The van der Waals surface area contributed by atoms with Crippen LogP contribution >= 0.6 is 0 Å². The van der Waals surface area contributed by atoms with Crippen molar-refractivity contribution in [2.75, 3.05) is 0 Å². The summed E-state index contributed by atoms with van der Waals surface area (Å²) in [5, 5.41) is 0. The lowest BCUT2D eigenvalue weighted by molar-refractivity contribution is 0.416. The summed E-state index contributed by atoms with van der Waals surface area (Å²) >= 11 is 0. The fourth-order valence-electron chi connectivity index (χ4n) is 3.40. The Morgan fingerprint density at radius 3 is 1.57 bits per heavy atom. The lowest BCUT2D eigenvalue weighted by atomic mass is 10.1. The Balaban J connectivity index is 1.65. The van der Waals surface area contributed by atoms with Crippen LogP contribution in [0.3, 0.4) is 0 Å². The monoisotopic (exact) mass is 470 g/mol. The van der Waals surface area contributed by atoms with E-state index in [1.165, 1.54) is 12.1 Å². The van der Waals surface area contributed by atoms with E-state index in [4.69, 9.17) is 4.74 Å². The van der Waals surface area contributed by atoms with Crippen LogP contribution in [0.5, 0.6) is 11.5 Å². The van der Waals surface area contributed by atoms with Gasteiger partial charge < -0.3 is 4.74 Å². The molecule has 4 rings (SSSR count). The highest BCUT2D eigenvalue weighted by atomic mass is 19.1. The van der Waals surface area contributed by atoms with E-state index < -0.39 is 11.6 Å². The molecule has 0 unspecified atom stereocenters. The van der Waals surface area contributed by atoms with Crippen LogP contribution in [0.2, 0.25) is 0 Å². The topological polar surface area (TPSA) is 60.8 Å². The molecule has 0 spiro atoms. The molecule has 2 heterocycles. The fraction of sp³-hybridized carbons (Fsp3) is 0.143. The average molecular weight is 471 g/mol. The molecule has 35 heavy (non-hydrogen) atoms. The van der Waals surface area contributed by atoms with Gasteiger partial charge in [0.2, 0.25) is 0 Å². The van der Waals surface area contributed by atoms with Crippen molar-refractivity contribution in [3.8, 4) is 34.3 Å². The number of hydrogen-bond donors (Lipinski definition) is 0. The highest BCUT2D eigenvalue weighted by Crippen LogP contribution is 2.34. The van der Waals surface area contributed by atoms with Crippen molar-refractivity contribution in [1.82, 2.24) is 19.9 Å². The average Bonchev–Trinajstić information content (AvgIpc) is 2.89. The number of allylic oxidation sites excluding steroid dienone is 4. The summed E-state index contributed by atoms with van der Waals surface area (Å²) in [7, 11) is 0. The standard InChI is InChI=1S/C28H24F2N4O/c1-3-5-9-19-15-17-31-27(33-19)21-11-7-13-23(25(21)29)35-24-14-8-12-22(26(24)30)28-32-18-16-20(34-28)10-6-4-2/h3-8,11-18H,9-10H2,1-2H3. The smallest absolute Gasteiger partial charge is 0.176 e. The molecule has 0 atom stereocenters. The summed E-state index contributed by atoms with van der Waals surface area (Å²) in [6.45, 7) is 3.84. The Morgan fingerprint density at radius 2 is 1.14 bits per heavy atom. The molecule has 5 nitrogen and oxygen atoms in total. The van der Waals surface area contributed by atoms with Crippen molar-refractivity contribution in [3.63, 3.8) is 0 Å². The zero-order chi connectivity index (χ0) is 24.6. The zero-order valence-electron chi connectivity index (χ0n) is 19.5. The molecule has 4 aromatic rings. The van der Waals surface area contributed by atoms with Crippen molar-refractivity contribution in [2.24, 2.45) is 0 Å².